The molecule has 100 valence electrons. The van der Waals surface area contributed by atoms with Crippen LogP contribution < -0.4 is 0 Å². The number of amides is 1. The van der Waals surface area contributed by atoms with Crippen molar-refractivity contribution in [3.05, 3.63) is 52.3 Å². The first kappa shape index (κ1) is 13.7. The van der Waals surface area contributed by atoms with Gasteiger partial charge in [0.25, 0.3) is 5.91 Å². The van der Waals surface area contributed by atoms with Gasteiger partial charge in [-0.05, 0) is 46.6 Å². The van der Waals surface area contributed by atoms with Gasteiger partial charge >= 0.3 is 0 Å². The molecular weight excluding hydrogens is 308 g/mol. The quantitative estimate of drug-likeness (QED) is 0.910. The average molecular weight is 323 g/mol. The molecule has 0 saturated heterocycles. The summed E-state index contributed by atoms with van der Waals surface area (Å²) in [5.74, 6) is 0.143. The minimum atomic E-state index is -0.0775. The molecule has 1 amide bonds. The summed E-state index contributed by atoms with van der Waals surface area (Å²) in [5.41, 5.74) is 1.51. The van der Waals surface area contributed by atoms with E-state index >= 15 is 0 Å². The van der Waals surface area contributed by atoms with Crippen LogP contribution >= 0.6 is 15.9 Å². The van der Waals surface area contributed by atoms with Crippen LogP contribution in [0.15, 0.2) is 41.0 Å². The molecule has 0 bridgehead atoms. The molecule has 1 aromatic heterocycles. The van der Waals surface area contributed by atoms with E-state index in [1.165, 1.54) is 0 Å². The molecule has 1 heterocycles. The molecule has 1 unspecified atom stereocenters. The Bertz CT molecular complexity index is 577. The van der Waals surface area contributed by atoms with Crippen molar-refractivity contribution in [1.29, 1.82) is 0 Å². The van der Waals surface area contributed by atoms with Crippen LogP contribution in [0.25, 0.3) is 0 Å². The molecule has 2 N–H and O–H groups in total. The van der Waals surface area contributed by atoms with Crippen molar-refractivity contribution >= 4 is 21.8 Å². The second-order valence-corrected chi connectivity index (χ2v) is 5.33. The number of nitrogens with zero attached hydrogens (tertiary/aromatic N) is 1. The van der Waals surface area contributed by atoms with Gasteiger partial charge in [0.15, 0.2) is 0 Å². The van der Waals surface area contributed by atoms with Crippen LogP contribution in [-0.2, 0) is 0 Å². The van der Waals surface area contributed by atoms with E-state index in [4.69, 9.17) is 0 Å². The van der Waals surface area contributed by atoms with Crippen LogP contribution in [0.5, 0.6) is 5.75 Å². The van der Waals surface area contributed by atoms with E-state index < -0.39 is 0 Å². The monoisotopic (exact) mass is 322 g/mol. The van der Waals surface area contributed by atoms with Crippen molar-refractivity contribution in [2.24, 2.45) is 0 Å². The fourth-order valence-corrected chi connectivity index (χ4v) is 2.18. The first-order valence-electron chi connectivity index (χ1n) is 5.89. The van der Waals surface area contributed by atoms with Crippen molar-refractivity contribution in [3.8, 4) is 5.75 Å². The summed E-state index contributed by atoms with van der Waals surface area (Å²) in [4.78, 5) is 16.8. The van der Waals surface area contributed by atoms with E-state index in [1.807, 2.05) is 19.1 Å². The minimum absolute atomic E-state index is 0.0739. The Morgan fingerprint density at radius 3 is 2.53 bits per heavy atom. The van der Waals surface area contributed by atoms with E-state index in [0.29, 0.717) is 5.69 Å². The maximum atomic E-state index is 12.3. The summed E-state index contributed by atoms with van der Waals surface area (Å²) in [6.45, 7) is 1.95. The second kappa shape index (κ2) is 5.48. The van der Waals surface area contributed by atoms with Crippen molar-refractivity contribution in [2.75, 3.05) is 7.05 Å². The molecule has 0 aliphatic carbocycles. The van der Waals surface area contributed by atoms with E-state index in [-0.39, 0.29) is 17.7 Å². The molecule has 4 nitrogen and oxygen atoms in total. The average Bonchev–Trinajstić information content (AvgIpc) is 2.84. The van der Waals surface area contributed by atoms with E-state index in [0.717, 1.165) is 10.0 Å². The molecule has 0 spiro atoms. The molecular formula is C14H15BrN2O2. The number of aromatic nitrogens is 1. The summed E-state index contributed by atoms with van der Waals surface area (Å²) in [6.07, 6.45) is 1.73. The number of aromatic hydroxyl groups is 1. The number of H-pyrrole nitrogens is 1. The van der Waals surface area contributed by atoms with Gasteiger partial charge in [-0.3, -0.25) is 4.79 Å². The molecule has 2 rings (SSSR count). The lowest BCUT2D eigenvalue weighted by atomic mass is 10.1. The zero-order chi connectivity index (χ0) is 14.0. The first-order chi connectivity index (χ1) is 8.99. The number of phenolic OH excluding ortho intramolecular Hbond substituents is 1. The third-order valence-electron chi connectivity index (χ3n) is 3.15. The number of aromatic amines is 1. The van der Waals surface area contributed by atoms with Crippen molar-refractivity contribution in [3.63, 3.8) is 0 Å². The predicted octanol–water partition coefficient (Wildman–Crippen LogP) is 3.32. The predicted molar refractivity (Wildman–Crippen MR) is 77.1 cm³/mol. The van der Waals surface area contributed by atoms with Crippen LogP contribution in [0, 0.1) is 0 Å². The Labute approximate surface area is 120 Å². The highest BCUT2D eigenvalue weighted by atomic mass is 79.9. The Hall–Kier alpha value is -1.75. The largest absolute Gasteiger partial charge is 0.508 e. The van der Waals surface area contributed by atoms with Crippen molar-refractivity contribution < 1.29 is 9.90 Å². The van der Waals surface area contributed by atoms with Gasteiger partial charge in [-0.15, -0.1) is 0 Å². The van der Waals surface area contributed by atoms with Gasteiger partial charge in [0, 0.05) is 17.7 Å². The Kier molecular flexibility index (Phi) is 3.95. The van der Waals surface area contributed by atoms with Crippen molar-refractivity contribution in [1.82, 2.24) is 9.88 Å². The highest BCUT2D eigenvalue weighted by molar-refractivity contribution is 9.10. The Morgan fingerprint density at radius 1 is 1.37 bits per heavy atom. The van der Waals surface area contributed by atoms with Gasteiger partial charge in [-0.1, -0.05) is 12.1 Å². The smallest absolute Gasteiger partial charge is 0.270 e. The number of phenols is 1. The summed E-state index contributed by atoms with van der Waals surface area (Å²) in [7, 11) is 1.76. The summed E-state index contributed by atoms with van der Waals surface area (Å²) < 4.78 is 0.849. The van der Waals surface area contributed by atoms with Gasteiger partial charge in [-0.2, -0.15) is 0 Å². The maximum Gasteiger partial charge on any atom is 0.270 e. The SMILES string of the molecule is CC(c1ccc(O)cc1)N(C)C(=O)c1cc(Br)c[nH]1. The third kappa shape index (κ3) is 2.98. The number of nitrogens with one attached hydrogen (secondary N) is 1. The number of hydrogen-bond acceptors (Lipinski definition) is 2. The van der Waals surface area contributed by atoms with Gasteiger partial charge in [0.2, 0.25) is 0 Å². The number of carbonyl (C=O) groups is 1. The lowest BCUT2D eigenvalue weighted by Crippen LogP contribution is -2.29. The van der Waals surface area contributed by atoms with Crippen LogP contribution in [0.1, 0.15) is 29.0 Å². The lowest BCUT2D eigenvalue weighted by Gasteiger charge is -2.25. The molecule has 1 atom stereocenters. The molecule has 19 heavy (non-hydrogen) atoms. The van der Waals surface area contributed by atoms with E-state index in [1.54, 1.807) is 36.3 Å². The van der Waals surface area contributed by atoms with Crippen LogP contribution in [0.2, 0.25) is 0 Å². The van der Waals surface area contributed by atoms with Gasteiger partial charge in [0.05, 0.1) is 6.04 Å². The van der Waals surface area contributed by atoms with Crippen LogP contribution in [-0.4, -0.2) is 27.9 Å². The van der Waals surface area contributed by atoms with Gasteiger partial charge < -0.3 is 15.0 Å². The molecule has 0 saturated carbocycles. The fraction of sp³-hybridized carbons (Fsp3) is 0.214. The summed E-state index contributed by atoms with van der Waals surface area (Å²) in [6, 6.07) is 8.55. The van der Waals surface area contributed by atoms with Gasteiger partial charge in [-0.25, -0.2) is 0 Å². The minimum Gasteiger partial charge on any atom is -0.508 e. The zero-order valence-corrected chi connectivity index (χ0v) is 12.3. The Morgan fingerprint density at radius 2 is 2.00 bits per heavy atom. The standard InChI is InChI=1S/C14H15BrN2O2/c1-9(10-3-5-12(18)6-4-10)17(2)14(19)13-7-11(15)8-16-13/h3-9,16,18H,1-2H3. The second-order valence-electron chi connectivity index (χ2n) is 4.42. The maximum absolute atomic E-state index is 12.3. The number of halogens is 1. The van der Waals surface area contributed by atoms with Crippen molar-refractivity contribution in [2.45, 2.75) is 13.0 Å². The third-order valence-corrected chi connectivity index (χ3v) is 3.61. The molecule has 0 aliphatic rings. The molecule has 0 radical (unpaired) electrons. The number of benzene rings is 1. The molecule has 2 aromatic rings. The molecule has 1 aromatic carbocycles. The fourth-order valence-electron chi connectivity index (χ4n) is 1.83. The topological polar surface area (TPSA) is 56.3 Å². The summed E-state index contributed by atoms with van der Waals surface area (Å²) >= 11 is 3.31. The molecule has 5 heteroatoms. The van der Waals surface area contributed by atoms with Crippen LogP contribution in [0.4, 0.5) is 0 Å². The summed E-state index contributed by atoms with van der Waals surface area (Å²) in [5, 5.41) is 9.28. The Balaban J connectivity index is 2.16. The molecule has 0 fully saturated rings. The number of rotatable bonds is 3. The van der Waals surface area contributed by atoms with E-state index in [2.05, 4.69) is 20.9 Å². The van der Waals surface area contributed by atoms with Crippen LogP contribution in [0.3, 0.4) is 0 Å². The normalized spacial score (nSPS) is 12.2. The zero-order valence-electron chi connectivity index (χ0n) is 10.7. The molecule has 0 aliphatic heterocycles. The number of carbonyl (C=O) groups excluding carboxylic acids is 1. The van der Waals surface area contributed by atoms with Gasteiger partial charge in [0.1, 0.15) is 11.4 Å². The first-order valence-corrected chi connectivity index (χ1v) is 6.68. The highest BCUT2D eigenvalue weighted by Crippen LogP contribution is 2.23. The lowest BCUT2D eigenvalue weighted by molar-refractivity contribution is 0.0737. The number of hydrogen-bond donors (Lipinski definition) is 2. The van der Waals surface area contributed by atoms with E-state index in [9.17, 15) is 9.90 Å². The highest BCUT2D eigenvalue weighted by Gasteiger charge is 2.19.